The molecule has 0 saturated carbocycles. The van der Waals surface area contributed by atoms with Crippen LogP contribution in [0.4, 0.5) is 4.79 Å². The molecule has 0 fully saturated rings. The van der Waals surface area contributed by atoms with Crippen LogP contribution in [0.5, 0.6) is 11.5 Å². The summed E-state index contributed by atoms with van der Waals surface area (Å²) in [5.41, 5.74) is 6.66. The van der Waals surface area contributed by atoms with Gasteiger partial charge in [0.05, 0.1) is 27.4 Å². The molecule has 8 nitrogen and oxygen atoms in total. The molecule has 51 heavy (non-hydrogen) atoms. The number of carbonyl (C=O) groups excluding carboxylic acids is 1. The van der Waals surface area contributed by atoms with Crippen LogP contribution in [0.25, 0.3) is 11.1 Å². The Morgan fingerprint density at radius 1 is 0.667 bits per heavy atom. The maximum atomic E-state index is 12.6. The van der Waals surface area contributed by atoms with E-state index in [0.717, 1.165) is 28.2 Å². The Kier molecular flexibility index (Phi) is 12.0. The normalized spacial score (nSPS) is 12.8. The van der Waals surface area contributed by atoms with Gasteiger partial charge in [-0.25, -0.2) is 4.79 Å². The first-order chi connectivity index (χ1) is 25.1. The fraction of sp³-hybridized carbons (Fsp3) is 0.279. The molecular formula is C43H45NO7. The van der Waals surface area contributed by atoms with Gasteiger partial charge in [-0.3, -0.25) is 0 Å². The third-order valence-corrected chi connectivity index (χ3v) is 9.37. The average molecular weight is 688 g/mol. The molecule has 1 atom stereocenters. The third kappa shape index (κ3) is 8.10. The van der Waals surface area contributed by atoms with E-state index in [0.29, 0.717) is 26.2 Å². The van der Waals surface area contributed by atoms with Gasteiger partial charge in [-0.05, 0) is 69.6 Å². The summed E-state index contributed by atoms with van der Waals surface area (Å²) in [6, 6.07) is 42.6. The van der Waals surface area contributed by atoms with Gasteiger partial charge in [-0.1, -0.05) is 103 Å². The van der Waals surface area contributed by atoms with Gasteiger partial charge in [0.25, 0.3) is 0 Å². The molecule has 0 aromatic heterocycles. The van der Waals surface area contributed by atoms with Crippen molar-refractivity contribution in [2.24, 2.45) is 0 Å². The van der Waals surface area contributed by atoms with Gasteiger partial charge in [0.15, 0.2) is 0 Å². The molecular weight excluding hydrogens is 642 g/mol. The first-order valence-electron chi connectivity index (χ1n) is 17.2. The SMILES string of the molecule is COc1ccc(C(OCC(COCCCNC(=O)OCC2c3ccccc3-c3ccccc32)OC)(c2ccccc2)c2ccc(OC)cc2)cc1. The van der Waals surface area contributed by atoms with E-state index < -0.39 is 11.7 Å². The highest BCUT2D eigenvalue weighted by Gasteiger charge is 2.38. The third-order valence-electron chi connectivity index (χ3n) is 9.37. The van der Waals surface area contributed by atoms with Crippen molar-refractivity contribution in [3.8, 4) is 22.6 Å². The van der Waals surface area contributed by atoms with Crippen LogP contribution in [0.2, 0.25) is 0 Å². The second kappa shape index (κ2) is 17.2. The van der Waals surface area contributed by atoms with Gasteiger partial charge in [0.2, 0.25) is 0 Å². The summed E-state index contributed by atoms with van der Waals surface area (Å²) in [6.07, 6.45) is -0.165. The maximum absolute atomic E-state index is 12.6. The van der Waals surface area contributed by atoms with E-state index in [4.69, 9.17) is 28.4 Å². The smallest absolute Gasteiger partial charge is 0.407 e. The van der Waals surface area contributed by atoms with E-state index in [1.54, 1.807) is 21.3 Å². The van der Waals surface area contributed by atoms with E-state index in [1.165, 1.54) is 22.3 Å². The van der Waals surface area contributed by atoms with Crippen molar-refractivity contribution in [2.45, 2.75) is 24.0 Å². The van der Waals surface area contributed by atoms with Crippen LogP contribution in [0.15, 0.2) is 127 Å². The molecule has 0 spiro atoms. The van der Waals surface area contributed by atoms with Gasteiger partial charge in [-0.15, -0.1) is 0 Å². The van der Waals surface area contributed by atoms with Crippen LogP contribution >= 0.6 is 0 Å². The van der Waals surface area contributed by atoms with E-state index in [-0.39, 0.29) is 25.2 Å². The van der Waals surface area contributed by atoms with Gasteiger partial charge < -0.3 is 33.7 Å². The lowest BCUT2D eigenvalue weighted by atomic mass is 9.80. The topological polar surface area (TPSA) is 84.5 Å². The lowest BCUT2D eigenvalue weighted by Gasteiger charge is -2.37. The monoisotopic (exact) mass is 687 g/mol. The first kappa shape index (κ1) is 35.7. The summed E-state index contributed by atoms with van der Waals surface area (Å²) in [7, 11) is 4.96. The van der Waals surface area contributed by atoms with Crippen LogP contribution in [-0.2, 0) is 24.5 Å². The fourth-order valence-corrected chi connectivity index (χ4v) is 6.71. The molecule has 1 aliphatic carbocycles. The Labute approximate surface area is 300 Å². The molecule has 264 valence electrons. The molecule has 0 heterocycles. The molecule has 1 N–H and O–H groups in total. The van der Waals surface area contributed by atoms with E-state index in [9.17, 15) is 4.79 Å². The summed E-state index contributed by atoms with van der Waals surface area (Å²) < 4.78 is 35.3. The minimum atomic E-state index is -0.955. The molecule has 5 aromatic carbocycles. The number of fused-ring (bicyclic) bond motifs is 3. The van der Waals surface area contributed by atoms with Crippen molar-refractivity contribution in [1.29, 1.82) is 0 Å². The number of alkyl carbamates (subject to hydrolysis) is 1. The summed E-state index contributed by atoms with van der Waals surface area (Å²) in [5, 5.41) is 2.86. The number of nitrogens with one attached hydrogen (secondary N) is 1. The average Bonchev–Trinajstić information content (AvgIpc) is 3.52. The predicted octanol–water partition coefficient (Wildman–Crippen LogP) is 7.97. The number of methoxy groups -OCH3 is 3. The second-order valence-corrected chi connectivity index (χ2v) is 12.4. The highest BCUT2D eigenvalue weighted by Crippen LogP contribution is 2.45. The lowest BCUT2D eigenvalue weighted by molar-refractivity contribution is -0.0784. The highest BCUT2D eigenvalue weighted by atomic mass is 16.6. The summed E-state index contributed by atoms with van der Waals surface area (Å²) in [4.78, 5) is 12.6. The minimum Gasteiger partial charge on any atom is -0.497 e. The van der Waals surface area contributed by atoms with Crippen molar-refractivity contribution in [3.05, 3.63) is 155 Å². The zero-order valence-corrected chi connectivity index (χ0v) is 29.4. The Hall–Kier alpha value is -5.15. The largest absolute Gasteiger partial charge is 0.497 e. The summed E-state index contributed by atoms with van der Waals surface area (Å²) >= 11 is 0. The van der Waals surface area contributed by atoms with Gasteiger partial charge >= 0.3 is 6.09 Å². The van der Waals surface area contributed by atoms with Gasteiger partial charge in [-0.2, -0.15) is 0 Å². The van der Waals surface area contributed by atoms with E-state index in [1.807, 2.05) is 91.0 Å². The van der Waals surface area contributed by atoms with Crippen molar-refractivity contribution in [1.82, 2.24) is 5.32 Å². The quantitative estimate of drug-likeness (QED) is 0.0784. The number of hydrogen-bond donors (Lipinski definition) is 1. The van der Waals surface area contributed by atoms with Crippen molar-refractivity contribution < 1.29 is 33.2 Å². The standard InChI is InChI=1S/C43H45NO7/c1-46-34-22-18-32(19-23-34)43(31-12-5-4-6-13-31,33-20-24-35(47-2)25-21-33)51-29-36(48-3)28-49-27-11-26-44-42(45)50-30-41-39-16-9-7-14-37(39)38-15-8-10-17-40(38)41/h4-10,12-25,36,41H,11,26-30H2,1-3H3,(H,44,45). The molecule has 6 rings (SSSR count). The highest BCUT2D eigenvalue weighted by molar-refractivity contribution is 5.79. The summed E-state index contributed by atoms with van der Waals surface area (Å²) in [5.74, 6) is 1.54. The van der Waals surface area contributed by atoms with E-state index in [2.05, 4.69) is 41.7 Å². The van der Waals surface area contributed by atoms with Crippen LogP contribution in [0, 0.1) is 0 Å². The zero-order chi connectivity index (χ0) is 35.5. The van der Waals surface area contributed by atoms with Crippen molar-refractivity contribution in [2.75, 3.05) is 54.3 Å². The van der Waals surface area contributed by atoms with Crippen LogP contribution in [0.3, 0.4) is 0 Å². The predicted molar refractivity (Wildman–Crippen MR) is 198 cm³/mol. The minimum absolute atomic E-state index is 0.0229. The van der Waals surface area contributed by atoms with Crippen LogP contribution < -0.4 is 14.8 Å². The molecule has 0 bridgehead atoms. The Balaban J connectivity index is 1.03. The van der Waals surface area contributed by atoms with E-state index >= 15 is 0 Å². The molecule has 8 heteroatoms. The molecule has 1 aliphatic rings. The van der Waals surface area contributed by atoms with Crippen molar-refractivity contribution in [3.63, 3.8) is 0 Å². The molecule has 5 aromatic rings. The zero-order valence-electron chi connectivity index (χ0n) is 29.4. The number of benzene rings is 5. The van der Waals surface area contributed by atoms with Gasteiger partial charge in [0.1, 0.15) is 29.8 Å². The Bertz CT molecular complexity index is 1750. The maximum Gasteiger partial charge on any atom is 0.407 e. The van der Waals surface area contributed by atoms with Crippen molar-refractivity contribution >= 4 is 6.09 Å². The van der Waals surface area contributed by atoms with Gasteiger partial charge in [0, 0.05) is 26.2 Å². The fourth-order valence-electron chi connectivity index (χ4n) is 6.71. The molecule has 1 amide bonds. The first-order valence-corrected chi connectivity index (χ1v) is 17.2. The molecule has 0 saturated heterocycles. The summed E-state index contributed by atoms with van der Waals surface area (Å²) in [6.45, 7) is 1.71. The number of ether oxygens (including phenoxy) is 6. The molecule has 0 radical (unpaired) electrons. The lowest BCUT2D eigenvalue weighted by Crippen LogP contribution is -2.37. The second-order valence-electron chi connectivity index (χ2n) is 12.4. The molecule has 0 aliphatic heterocycles. The number of rotatable bonds is 17. The van der Waals surface area contributed by atoms with Crippen LogP contribution in [0.1, 0.15) is 40.2 Å². The van der Waals surface area contributed by atoms with Crippen LogP contribution in [-0.4, -0.2) is 66.5 Å². The number of hydrogen-bond acceptors (Lipinski definition) is 7. The Morgan fingerprint density at radius 3 is 1.75 bits per heavy atom. The number of amides is 1. The Morgan fingerprint density at radius 2 is 1.20 bits per heavy atom. The molecule has 1 unspecified atom stereocenters. The number of carbonyl (C=O) groups is 1.